The molecule has 0 saturated heterocycles. The van der Waals surface area contributed by atoms with Crippen LogP contribution in [0.4, 0.5) is 0 Å². The Morgan fingerprint density at radius 3 is 2.56 bits per heavy atom. The van der Waals surface area contributed by atoms with Crippen LogP contribution >= 0.6 is 0 Å². The molecule has 1 aromatic heterocycles. The minimum Gasteiger partial charge on any atom is -0.497 e. The summed E-state index contributed by atoms with van der Waals surface area (Å²) in [6.07, 6.45) is 0. The summed E-state index contributed by atoms with van der Waals surface area (Å²) in [6, 6.07) is 13.9. The van der Waals surface area contributed by atoms with Gasteiger partial charge in [0.1, 0.15) is 11.4 Å². The van der Waals surface area contributed by atoms with Gasteiger partial charge in [-0.1, -0.05) is 11.2 Å². The summed E-state index contributed by atoms with van der Waals surface area (Å²) < 4.78 is 10.5. The minimum atomic E-state index is 0.820. The molecule has 0 N–H and O–H groups in total. The SMILES string of the molecule is COc1ccc(-c2noc3cc(C)ccc23)cc1. The van der Waals surface area contributed by atoms with Crippen LogP contribution in [-0.4, -0.2) is 12.3 Å². The lowest BCUT2D eigenvalue weighted by molar-refractivity contribution is 0.415. The topological polar surface area (TPSA) is 35.3 Å². The number of fused-ring (bicyclic) bond motifs is 1. The zero-order valence-corrected chi connectivity index (χ0v) is 10.3. The fraction of sp³-hybridized carbons (Fsp3) is 0.133. The van der Waals surface area contributed by atoms with Crippen LogP contribution in [0.3, 0.4) is 0 Å². The number of aromatic nitrogens is 1. The molecule has 0 aliphatic heterocycles. The minimum absolute atomic E-state index is 0.820. The van der Waals surface area contributed by atoms with E-state index in [0.29, 0.717) is 0 Å². The first kappa shape index (κ1) is 10.8. The molecular weight excluding hydrogens is 226 g/mol. The Kier molecular flexibility index (Phi) is 2.52. The average Bonchev–Trinajstić information content (AvgIpc) is 2.81. The smallest absolute Gasteiger partial charge is 0.167 e. The molecule has 1 heterocycles. The lowest BCUT2D eigenvalue weighted by atomic mass is 10.1. The van der Waals surface area contributed by atoms with E-state index in [1.807, 2.05) is 43.3 Å². The fourth-order valence-corrected chi connectivity index (χ4v) is 2.00. The third kappa shape index (κ3) is 1.74. The number of rotatable bonds is 2. The van der Waals surface area contributed by atoms with Crippen LogP contribution in [0.15, 0.2) is 47.0 Å². The second-order valence-electron chi connectivity index (χ2n) is 4.26. The maximum atomic E-state index is 5.36. The third-order valence-corrected chi connectivity index (χ3v) is 2.99. The lowest BCUT2D eigenvalue weighted by Crippen LogP contribution is -1.83. The molecule has 0 aliphatic rings. The fourth-order valence-electron chi connectivity index (χ4n) is 2.00. The van der Waals surface area contributed by atoms with Gasteiger partial charge in [0, 0.05) is 10.9 Å². The molecule has 90 valence electrons. The molecule has 3 nitrogen and oxygen atoms in total. The molecule has 3 rings (SSSR count). The van der Waals surface area contributed by atoms with Crippen LogP contribution in [-0.2, 0) is 0 Å². The Balaban J connectivity index is 2.13. The summed E-state index contributed by atoms with van der Waals surface area (Å²) >= 11 is 0. The Morgan fingerprint density at radius 2 is 1.83 bits per heavy atom. The van der Waals surface area contributed by atoms with Crippen molar-refractivity contribution in [3.8, 4) is 17.0 Å². The van der Waals surface area contributed by atoms with Gasteiger partial charge in [0.25, 0.3) is 0 Å². The van der Waals surface area contributed by atoms with Crippen molar-refractivity contribution in [1.82, 2.24) is 5.16 Å². The normalized spacial score (nSPS) is 10.8. The van der Waals surface area contributed by atoms with Gasteiger partial charge < -0.3 is 9.26 Å². The molecule has 0 aliphatic carbocycles. The predicted octanol–water partition coefficient (Wildman–Crippen LogP) is 3.81. The molecule has 18 heavy (non-hydrogen) atoms. The van der Waals surface area contributed by atoms with E-state index >= 15 is 0 Å². The highest BCUT2D eigenvalue weighted by Crippen LogP contribution is 2.29. The van der Waals surface area contributed by atoms with Gasteiger partial charge in [0.15, 0.2) is 5.58 Å². The van der Waals surface area contributed by atoms with E-state index in [9.17, 15) is 0 Å². The van der Waals surface area contributed by atoms with E-state index in [1.165, 1.54) is 5.56 Å². The number of aryl methyl sites for hydroxylation is 1. The molecule has 0 bridgehead atoms. The molecule has 2 aromatic carbocycles. The molecular formula is C15H13NO2. The molecule has 0 radical (unpaired) electrons. The van der Waals surface area contributed by atoms with Crippen molar-refractivity contribution in [2.75, 3.05) is 7.11 Å². The molecule has 0 spiro atoms. The molecule has 0 fully saturated rings. The van der Waals surface area contributed by atoms with Crippen molar-refractivity contribution in [3.63, 3.8) is 0 Å². The third-order valence-electron chi connectivity index (χ3n) is 2.99. The van der Waals surface area contributed by atoms with Crippen molar-refractivity contribution in [1.29, 1.82) is 0 Å². The van der Waals surface area contributed by atoms with Crippen molar-refractivity contribution in [2.24, 2.45) is 0 Å². The summed E-state index contributed by atoms with van der Waals surface area (Å²) in [5.41, 5.74) is 3.88. The first-order chi connectivity index (χ1) is 8.78. The highest BCUT2D eigenvalue weighted by molar-refractivity contribution is 5.91. The Labute approximate surface area is 105 Å². The number of nitrogens with zero attached hydrogens (tertiary/aromatic N) is 1. The van der Waals surface area contributed by atoms with E-state index in [1.54, 1.807) is 7.11 Å². The molecule has 3 aromatic rings. The zero-order chi connectivity index (χ0) is 12.5. The zero-order valence-electron chi connectivity index (χ0n) is 10.3. The summed E-state index contributed by atoms with van der Waals surface area (Å²) in [5, 5.41) is 5.18. The Hall–Kier alpha value is -2.29. The summed E-state index contributed by atoms with van der Waals surface area (Å²) in [7, 11) is 1.66. The maximum Gasteiger partial charge on any atom is 0.167 e. The highest BCUT2D eigenvalue weighted by atomic mass is 16.5. The van der Waals surface area contributed by atoms with Crippen LogP contribution in [0, 0.1) is 6.92 Å². The van der Waals surface area contributed by atoms with Gasteiger partial charge in [0.05, 0.1) is 7.11 Å². The molecule has 0 amide bonds. The van der Waals surface area contributed by atoms with Gasteiger partial charge in [-0.05, 0) is 48.9 Å². The van der Waals surface area contributed by atoms with Crippen molar-refractivity contribution >= 4 is 11.0 Å². The summed E-state index contributed by atoms with van der Waals surface area (Å²) in [6.45, 7) is 2.04. The van der Waals surface area contributed by atoms with Gasteiger partial charge in [-0.25, -0.2) is 0 Å². The second-order valence-corrected chi connectivity index (χ2v) is 4.26. The summed E-state index contributed by atoms with van der Waals surface area (Å²) in [4.78, 5) is 0. The predicted molar refractivity (Wildman–Crippen MR) is 70.7 cm³/mol. The molecule has 0 atom stereocenters. The first-order valence-electron chi connectivity index (χ1n) is 5.78. The monoisotopic (exact) mass is 239 g/mol. The number of ether oxygens (including phenoxy) is 1. The quantitative estimate of drug-likeness (QED) is 0.682. The lowest BCUT2D eigenvalue weighted by Gasteiger charge is -2.00. The number of hydrogen-bond acceptors (Lipinski definition) is 3. The number of methoxy groups -OCH3 is 1. The largest absolute Gasteiger partial charge is 0.497 e. The first-order valence-corrected chi connectivity index (χ1v) is 5.78. The average molecular weight is 239 g/mol. The van der Waals surface area contributed by atoms with Gasteiger partial charge >= 0.3 is 0 Å². The highest BCUT2D eigenvalue weighted by Gasteiger charge is 2.10. The van der Waals surface area contributed by atoms with Gasteiger partial charge in [0.2, 0.25) is 0 Å². The van der Waals surface area contributed by atoms with Crippen LogP contribution in [0.1, 0.15) is 5.56 Å². The Bertz CT molecular complexity index is 683. The van der Waals surface area contributed by atoms with Gasteiger partial charge in [-0.15, -0.1) is 0 Å². The second kappa shape index (κ2) is 4.18. The maximum absolute atomic E-state index is 5.36. The van der Waals surface area contributed by atoms with Crippen molar-refractivity contribution in [3.05, 3.63) is 48.0 Å². The van der Waals surface area contributed by atoms with Crippen molar-refractivity contribution in [2.45, 2.75) is 6.92 Å². The van der Waals surface area contributed by atoms with Crippen LogP contribution < -0.4 is 4.74 Å². The number of benzene rings is 2. The van der Waals surface area contributed by atoms with Gasteiger partial charge in [-0.3, -0.25) is 0 Å². The van der Waals surface area contributed by atoms with E-state index < -0.39 is 0 Å². The molecule has 3 heteroatoms. The van der Waals surface area contributed by atoms with Crippen LogP contribution in [0.25, 0.3) is 22.2 Å². The van der Waals surface area contributed by atoms with Crippen LogP contribution in [0.5, 0.6) is 5.75 Å². The van der Waals surface area contributed by atoms with Crippen LogP contribution in [0.2, 0.25) is 0 Å². The standard InChI is InChI=1S/C15H13NO2/c1-10-3-8-13-14(9-10)18-16-15(13)11-4-6-12(17-2)7-5-11/h3-9H,1-2H3. The molecule has 0 unspecified atom stereocenters. The van der Waals surface area contributed by atoms with E-state index in [4.69, 9.17) is 9.26 Å². The van der Waals surface area contributed by atoms with Crippen molar-refractivity contribution < 1.29 is 9.26 Å². The van der Waals surface area contributed by atoms with E-state index in [2.05, 4.69) is 11.2 Å². The molecule has 0 saturated carbocycles. The van der Waals surface area contributed by atoms with E-state index in [-0.39, 0.29) is 0 Å². The van der Waals surface area contributed by atoms with E-state index in [0.717, 1.165) is 28.0 Å². The summed E-state index contributed by atoms with van der Waals surface area (Å²) in [5.74, 6) is 0.836. The number of hydrogen-bond donors (Lipinski definition) is 0. The Morgan fingerprint density at radius 1 is 1.06 bits per heavy atom. The van der Waals surface area contributed by atoms with Gasteiger partial charge in [-0.2, -0.15) is 0 Å².